The highest BCUT2D eigenvalue weighted by Crippen LogP contribution is 2.31. The van der Waals surface area contributed by atoms with E-state index in [2.05, 4.69) is 11.6 Å². The van der Waals surface area contributed by atoms with Crippen LogP contribution in [0.1, 0.15) is 11.1 Å². The highest BCUT2D eigenvalue weighted by Gasteiger charge is 2.11. The van der Waals surface area contributed by atoms with Crippen LogP contribution in [0, 0.1) is 6.92 Å². The van der Waals surface area contributed by atoms with Gasteiger partial charge in [0, 0.05) is 28.2 Å². The lowest BCUT2D eigenvalue weighted by atomic mass is 9.99. The number of benzene rings is 1. The summed E-state index contributed by atoms with van der Waals surface area (Å²) in [5.41, 5.74) is 4.81. The minimum absolute atomic E-state index is 0.242. The van der Waals surface area contributed by atoms with E-state index in [1.807, 2.05) is 31.2 Å². The van der Waals surface area contributed by atoms with Crippen LogP contribution in [0.5, 0.6) is 0 Å². The summed E-state index contributed by atoms with van der Waals surface area (Å²) >= 11 is 0.242. The number of fused-ring (bicyclic) bond motifs is 1. The molecule has 4 heteroatoms. The van der Waals surface area contributed by atoms with Gasteiger partial charge >= 0.3 is 0 Å². The van der Waals surface area contributed by atoms with E-state index in [1.54, 1.807) is 24.5 Å². The molecule has 0 unspecified atom stereocenters. The Morgan fingerprint density at radius 3 is 2.62 bits per heavy atom. The summed E-state index contributed by atoms with van der Waals surface area (Å²) in [6.45, 7) is 5.91. The largest absolute Gasteiger partial charge is 0.264 e. The Bertz CT molecular complexity index is 813. The molecule has 0 atom stereocenters. The van der Waals surface area contributed by atoms with Gasteiger partial charge in [0.1, 0.15) is 0 Å². The fraction of sp³-hybridized carbons (Fsp3) is 0.0588. The number of pyridine rings is 2. The fourth-order valence-corrected chi connectivity index (χ4v) is 2.67. The van der Waals surface area contributed by atoms with Gasteiger partial charge in [-0.25, -0.2) is 4.98 Å². The topological polar surface area (TPSA) is 25.8 Å². The number of aromatic nitrogens is 2. The van der Waals surface area contributed by atoms with Crippen LogP contribution in [0.25, 0.3) is 28.2 Å². The minimum Gasteiger partial charge on any atom is -0.264 e. The molecule has 0 aliphatic rings. The molecule has 21 heavy (non-hydrogen) atoms. The van der Waals surface area contributed by atoms with Crippen molar-refractivity contribution in [3.8, 4) is 11.3 Å². The second-order valence-electron chi connectivity index (χ2n) is 4.70. The van der Waals surface area contributed by atoms with Crippen molar-refractivity contribution in [2.45, 2.75) is 11.8 Å². The van der Waals surface area contributed by atoms with Crippen LogP contribution in [-0.4, -0.2) is 9.97 Å². The van der Waals surface area contributed by atoms with Gasteiger partial charge in [-0.3, -0.25) is 4.98 Å². The summed E-state index contributed by atoms with van der Waals surface area (Å²) in [4.78, 5) is 9.46. The molecular formula is C17H13FN2S. The van der Waals surface area contributed by atoms with Crippen LogP contribution in [0.3, 0.4) is 0 Å². The van der Waals surface area contributed by atoms with Gasteiger partial charge in [-0.15, -0.1) is 0 Å². The van der Waals surface area contributed by atoms with Crippen LogP contribution in [-0.2, 0) is 0 Å². The Balaban J connectivity index is 2.26. The number of rotatable bonds is 3. The van der Waals surface area contributed by atoms with Crippen LogP contribution >= 0.6 is 12.1 Å². The maximum atomic E-state index is 12.5. The summed E-state index contributed by atoms with van der Waals surface area (Å²) in [5, 5.41) is 0.990. The van der Waals surface area contributed by atoms with Gasteiger partial charge in [0.25, 0.3) is 0 Å². The SMILES string of the molecule is C=Cc1c(C)c(-c2ccc(SF)cc2)nc2ccncc12. The Morgan fingerprint density at radius 1 is 1.19 bits per heavy atom. The molecule has 0 bridgehead atoms. The molecule has 1 aromatic carbocycles. The van der Waals surface area contributed by atoms with Crippen molar-refractivity contribution >= 4 is 29.1 Å². The van der Waals surface area contributed by atoms with Crippen molar-refractivity contribution in [1.82, 2.24) is 9.97 Å². The van der Waals surface area contributed by atoms with Crippen molar-refractivity contribution in [2.24, 2.45) is 0 Å². The normalized spacial score (nSPS) is 10.8. The Morgan fingerprint density at radius 2 is 1.95 bits per heavy atom. The minimum atomic E-state index is 0.242. The molecule has 0 saturated heterocycles. The molecule has 104 valence electrons. The maximum absolute atomic E-state index is 12.5. The first-order valence-corrected chi connectivity index (χ1v) is 7.22. The van der Waals surface area contributed by atoms with Gasteiger partial charge in [0.15, 0.2) is 0 Å². The summed E-state index contributed by atoms with van der Waals surface area (Å²) in [6, 6.07) is 9.17. The van der Waals surface area contributed by atoms with Crippen molar-refractivity contribution in [2.75, 3.05) is 0 Å². The molecule has 0 amide bonds. The van der Waals surface area contributed by atoms with E-state index in [-0.39, 0.29) is 12.1 Å². The lowest BCUT2D eigenvalue weighted by molar-refractivity contribution is 0.934. The number of halogens is 1. The standard InChI is InChI=1S/C17H13FN2S/c1-3-14-11(2)17(12-4-6-13(21-18)7-5-12)20-16-8-9-19-10-15(14)16/h3-10H,1H2,2H3. The summed E-state index contributed by atoms with van der Waals surface area (Å²) in [5.74, 6) is 0. The van der Waals surface area contributed by atoms with E-state index < -0.39 is 0 Å². The average molecular weight is 296 g/mol. The van der Waals surface area contributed by atoms with Crippen LogP contribution in [0.15, 0.2) is 54.2 Å². The third-order valence-electron chi connectivity index (χ3n) is 3.50. The monoisotopic (exact) mass is 296 g/mol. The molecule has 2 heterocycles. The van der Waals surface area contributed by atoms with E-state index in [0.717, 1.165) is 33.3 Å². The quantitative estimate of drug-likeness (QED) is 0.662. The fourth-order valence-electron chi connectivity index (χ4n) is 2.43. The zero-order valence-electron chi connectivity index (χ0n) is 11.5. The van der Waals surface area contributed by atoms with Gasteiger partial charge in [0.2, 0.25) is 0 Å². The van der Waals surface area contributed by atoms with Crippen molar-refractivity contribution < 1.29 is 3.89 Å². The van der Waals surface area contributed by atoms with Crippen LogP contribution < -0.4 is 0 Å². The third kappa shape index (κ3) is 2.43. The van der Waals surface area contributed by atoms with E-state index in [0.29, 0.717) is 4.90 Å². The summed E-state index contributed by atoms with van der Waals surface area (Å²) in [6.07, 6.45) is 5.36. The Labute approximate surface area is 127 Å². The Hall–Kier alpha value is -2.20. The van der Waals surface area contributed by atoms with Gasteiger partial charge < -0.3 is 0 Å². The molecule has 0 aliphatic heterocycles. The number of hydrogen-bond acceptors (Lipinski definition) is 3. The molecule has 3 rings (SSSR count). The first-order chi connectivity index (χ1) is 10.2. The molecule has 0 saturated carbocycles. The van der Waals surface area contributed by atoms with Gasteiger partial charge in [-0.05, 0) is 36.2 Å². The molecule has 0 aliphatic carbocycles. The summed E-state index contributed by atoms with van der Waals surface area (Å²) < 4.78 is 12.5. The van der Waals surface area contributed by atoms with Crippen molar-refractivity contribution in [3.63, 3.8) is 0 Å². The number of nitrogens with zero attached hydrogens (tertiary/aromatic N) is 2. The second kappa shape index (κ2) is 5.66. The van der Waals surface area contributed by atoms with E-state index >= 15 is 0 Å². The van der Waals surface area contributed by atoms with Crippen molar-refractivity contribution in [1.29, 1.82) is 0 Å². The molecule has 0 radical (unpaired) electrons. The van der Waals surface area contributed by atoms with E-state index in [9.17, 15) is 3.89 Å². The molecule has 2 nitrogen and oxygen atoms in total. The third-order valence-corrected chi connectivity index (χ3v) is 3.95. The zero-order chi connectivity index (χ0) is 14.8. The first kappa shape index (κ1) is 13.8. The van der Waals surface area contributed by atoms with Gasteiger partial charge in [-0.2, -0.15) is 3.89 Å². The predicted octanol–water partition coefficient (Wildman–Crippen LogP) is 5.22. The second-order valence-corrected chi connectivity index (χ2v) is 5.32. The molecule has 0 N–H and O–H groups in total. The highest BCUT2D eigenvalue weighted by atomic mass is 32.2. The smallest absolute Gasteiger partial charge is 0.0812 e. The molecule has 3 aromatic rings. The van der Waals surface area contributed by atoms with Gasteiger partial charge in [0.05, 0.1) is 23.4 Å². The molecule has 0 spiro atoms. The molecule has 2 aromatic heterocycles. The zero-order valence-corrected chi connectivity index (χ0v) is 12.3. The summed E-state index contributed by atoms with van der Waals surface area (Å²) in [7, 11) is 0. The number of hydrogen-bond donors (Lipinski definition) is 0. The maximum Gasteiger partial charge on any atom is 0.0812 e. The Kier molecular flexibility index (Phi) is 3.71. The molecule has 0 fully saturated rings. The first-order valence-electron chi connectivity index (χ1n) is 6.50. The van der Waals surface area contributed by atoms with Crippen LogP contribution in [0.4, 0.5) is 3.89 Å². The highest BCUT2D eigenvalue weighted by molar-refractivity contribution is 7.94. The average Bonchev–Trinajstić information content (AvgIpc) is 2.54. The molecular weight excluding hydrogens is 283 g/mol. The lowest BCUT2D eigenvalue weighted by Gasteiger charge is -2.12. The van der Waals surface area contributed by atoms with Gasteiger partial charge in [-0.1, -0.05) is 24.8 Å². The van der Waals surface area contributed by atoms with Crippen LogP contribution in [0.2, 0.25) is 0 Å². The predicted molar refractivity (Wildman–Crippen MR) is 86.8 cm³/mol. The van der Waals surface area contributed by atoms with Crippen molar-refractivity contribution in [3.05, 3.63) is 60.4 Å². The van der Waals surface area contributed by atoms with E-state index in [1.165, 1.54) is 0 Å². The lowest BCUT2D eigenvalue weighted by Crippen LogP contribution is -1.95. The van der Waals surface area contributed by atoms with E-state index in [4.69, 9.17) is 4.98 Å².